The van der Waals surface area contributed by atoms with Gasteiger partial charge >= 0.3 is 0 Å². The molecule has 0 bridgehead atoms. The minimum atomic E-state index is 1.05. The molecule has 0 atom stereocenters. The fourth-order valence-corrected chi connectivity index (χ4v) is 1.50. The summed E-state index contributed by atoms with van der Waals surface area (Å²) in [5, 5.41) is 11.6. The van der Waals surface area contributed by atoms with E-state index in [-0.39, 0.29) is 0 Å². The molecule has 0 saturated carbocycles. The molecule has 13 heavy (non-hydrogen) atoms. The van der Waals surface area contributed by atoms with Gasteiger partial charge in [0.05, 0.1) is 5.69 Å². The molecule has 3 rings (SSSR count). The van der Waals surface area contributed by atoms with E-state index < -0.39 is 0 Å². The number of hydrogen-bond acceptors (Lipinski definition) is 3. The Bertz CT molecular complexity index is 479. The van der Waals surface area contributed by atoms with Gasteiger partial charge in [-0.2, -0.15) is 0 Å². The molecule has 1 aliphatic rings. The highest BCUT2D eigenvalue weighted by Gasteiger charge is 2.15. The van der Waals surface area contributed by atoms with Gasteiger partial charge in [-0.15, -0.1) is 5.12 Å². The first-order chi connectivity index (χ1) is 6.45. The van der Waals surface area contributed by atoms with E-state index >= 15 is 0 Å². The topological polar surface area (TPSA) is 27.7 Å². The Kier molecular flexibility index (Phi) is 1.16. The van der Waals surface area contributed by atoms with Crippen LogP contribution in [0, 0.1) is 0 Å². The standard InChI is InChI=1S/C10H7N3/c1-2-6-9-8(4-1)5-3-7-10(9)13-11-12-13/h1-7H. The lowest BCUT2D eigenvalue weighted by atomic mass is 10.1. The first kappa shape index (κ1) is 6.60. The average molecular weight is 169 g/mol. The Morgan fingerprint density at radius 3 is 2.46 bits per heavy atom. The van der Waals surface area contributed by atoms with Crippen LogP contribution in [0.3, 0.4) is 0 Å². The molecule has 0 radical (unpaired) electrons. The highest BCUT2D eigenvalue weighted by Crippen LogP contribution is 2.31. The lowest BCUT2D eigenvalue weighted by Gasteiger charge is -2.02. The minimum Gasteiger partial charge on any atom is -0.110 e. The summed E-state index contributed by atoms with van der Waals surface area (Å²) < 4.78 is 0. The summed E-state index contributed by atoms with van der Waals surface area (Å²) in [5.74, 6) is 0. The van der Waals surface area contributed by atoms with Gasteiger partial charge in [0.1, 0.15) is 0 Å². The molecule has 0 fully saturated rings. The number of rotatable bonds is 1. The van der Waals surface area contributed by atoms with Crippen molar-refractivity contribution in [1.29, 1.82) is 0 Å². The monoisotopic (exact) mass is 169 g/mol. The third kappa shape index (κ3) is 0.973. The van der Waals surface area contributed by atoms with Gasteiger partial charge in [-0.05, 0) is 21.9 Å². The SMILES string of the molecule is c1ccc2c(N3N=N3)cccc2c1. The lowest BCUT2D eigenvalue weighted by Crippen LogP contribution is -1.89. The molecule has 0 N–H and O–H groups in total. The third-order valence-corrected chi connectivity index (χ3v) is 2.16. The van der Waals surface area contributed by atoms with Gasteiger partial charge in [0.2, 0.25) is 0 Å². The van der Waals surface area contributed by atoms with Crippen LogP contribution >= 0.6 is 0 Å². The maximum absolute atomic E-state index is 3.78. The summed E-state index contributed by atoms with van der Waals surface area (Å²) in [5.41, 5.74) is 1.05. The molecule has 0 unspecified atom stereocenters. The summed E-state index contributed by atoms with van der Waals surface area (Å²) in [6.07, 6.45) is 0. The average Bonchev–Trinajstić information content (AvgIpc) is 3.00. The molecule has 3 nitrogen and oxygen atoms in total. The minimum absolute atomic E-state index is 1.05. The molecule has 3 heteroatoms. The van der Waals surface area contributed by atoms with Crippen LogP contribution in [0.2, 0.25) is 0 Å². The van der Waals surface area contributed by atoms with Gasteiger partial charge in [0.25, 0.3) is 0 Å². The van der Waals surface area contributed by atoms with E-state index in [2.05, 4.69) is 28.6 Å². The van der Waals surface area contributed by atoms with E-state index in [1.54, 1.807) is 5.12 Å². The first-order valence-corrected chi connectivity index (χ1v) is 4.14. The molecule has 62 valence electrons. The second kappa shape index (κ2) is 2.29. The van der Waals surface area contributed by atoms with Crippen molar-refractivity contribution in [2.45, 2.75) is 0 Å². The zero-order valence-corrected chi connectivity index (χ0v) is 6.88. The molecule has 0 saturated heterocycles. The Morgan fingerprint density at radius 1 is 0.846 bits per heavy atom. The van der Waals surface area contributed by atoms with E-state index in [1.165, 1.54) is 10.8 Å². The molecule has 2 aromatic carbocycles. The van der Waals surface area contributed by atoms with Crippen molar-refractivity contribution >= 4 is 16.5 Å². The van der Waals surface area contributed by atoms with Crippen LogP contribution < -0.4 is 5.12 Å². The summed E-state index contributed by atoms with van der Waals surface area (Å²) in [6, 6.07) is 14.3. The van der Waals surface area contributed by atoms with Gasteiger partial charge in [-0.3, -0.25) is 0 Å². The fourth-order valence-electron chi connectivity index (χ4n) is 1.50. The van der Waals surface area contributed by atoms with Crippen LogP contribution in [0.4, 0.5) is 5.69 Å². The van der Waals surface area contributed by atoms with Crippen LogP contribution in [0.15, 0.2) is 52.9 Å². The zero-order valence-electron chi connectivity index (χ0n) is 6.88. The summed E-state index contributed by atoms with van der Waals surface area (Å²) >= 11 is 0. The Morgan fingerprint density at radius 2 is 1.62 bits per heavy atom. The predicted molar refractivity (Wildman–Crippen MR) is 51.3 cm³/mol. The second-order valence-corrected chi connectivity index (χ2v) is 2.97. The van der Waals surface area contributed by atoms with Crippen LogP contribution in [0.1, 0.15) is 0 Å². The van der Waals surface area contributed by atoms with Crippen LogP contribution in [-0.2, 0) is 0 Å². The van der Waals surface area contributed by atoms with Crippen LogP contribution in [0.25, 0.3) is 10.8 Å². The van der Waals surface area contributed by atoms with Gasteiger partial charge in [-0.25, -0.2) is 0 Å². The Balaban J connectivity index is 2.33. The number of hydrogen-bond donors (Lipinski definition) is 0. The molecule has 2 aromatic rings. The van der Waals surface area contributed by atoms with Gasteiger partial charge in [0, 0.05) is 5.39 Å². The van der Waals surface area contributed by atoms with Crippen molar-refractivity contribution in [3.05, 3.63) is 42.5 Å². The third-order valence-electron chi connectivity index (χ3n) is 2.16. The summed E-state index contributed by atoms with van der Waals surface area (Å²) in [4.78, 5) is 0. The van der Waals surface area contributed by atoms with E-state index in [4.69, 9.17) is 0 Å². The fraction of sp³-hybridized carbons (Fsp3) is 0. The Labute approximate surface area is 75.3 Å². The summed E-state index contributed by atoms with van der Waals surface area (Å²) in [7, 11) is 0. The number of anilines is 1. The number of fused-ring (bicyclic) bond motifs is 1. The molecule has 0 aromatic heterocycles. The van der Waals surface area contributed by atoms with Gasteiger partial charge in [-0.1, -0.05) is 36.4 Å². The van der Waals surface area contributed by atoms with Crippen molar-refractivity contribution in [2.75, 3.05) is 5.12 Å². The normalized spacial score (nSPS) is 13.7. The molecule has 0 aliphatic carbocycles. The van der Waals surface area contributed by atoms with Crippen molar-refractivity contribution < 1.29 is 0 Å². The molecular weight excluding hydrogens is 162 g/mol. The lowest BCUT2D eigenvalue weighted by molar-refractivity contribution is 1.27. The van der Waals surface area contributed by atoms with Gasteiger partial charge in [0.15, 0.2) is 0 Å². The van der Waals surface area contributed by atoms with Crippen molar-refractivity contribution in [2.24, 2.45) is 10.4 Å². The number of benzene rings is 2. The van der Waals surface area contributed by atoms with Crippen LogP contribution in [-0.4, -0.2) is 0 Å². The van der Waals surface area contributed by atoms with Crippen molar-refractivity contribution in [3.8, 4) is 0 Å². The van der Waals surface area contributed by atoms with Crippen LogP contribution in [0.5, 0.6) is 0 Å². The van der Waals surface area contributed by atoms with E-state index in [0.29, 0.717) is 0 Å². The second-order valence-electron chi connectivity index (χ2n) is 2.97. The quantitative estimate of drug-likeness (QED) is 0.644. The Hall–Kier alpha value is -1.90. The predicted octanol–water partition coefficient (Wildman–Crippen LogP) is 2.94. The molecule has 0 spiro atoms. The number of nitrogens with zero attached hydrogens (tertiary/aromatic N) is 3. The maximum Gasteiger partial charge on any atom is 0.0971 e. The maximum atomic E-state index is 3.78. The van der Waals surface area contributed by atoms with E-state index in [9.17, 15) is 0 Å². The summed E-state index contributed by atoms with van der Waals surface area (Å²) in [6.45, 7) is 0. The van der Waals surface area contributed by atoms with E-state index in [0.717, 1.165) is 5.69 Å². The molecule has 1 heterocycles. The highest BCUT2D eigenvalue weighted by atomic mass is 15.9. The van der Waals surface area contributed by atoms with Gasteiger partial charge < -0.3 is 0 Å². The smallest absolute Gasteiger partial charge is 0.0971 e. The van der Waals surface area contributed by atoms with Crippen molar-refractivity contribution in [3.63, 3.8) is 0 Å². The first-order valence-electron chi connectivity index (χ1n) is 4.14. The molecule has 1 aliphatic heterocycles. The zero-order chi connectivity index (χ0) is 8.67. The molecule has 0 amide bonds. The van der Waals surface area contributed by atoms with E-state index in [1.807, 2.05) is 24.3 Å². The van der Waals surface area contributed by atoms with Crippen molar-refractivity contribution in [1.82, 2.24) is 0 Å². The highest BCUT2D eigenvalue weighted by molar-refractivity contribution is 5.94. The largest absolute Gasteiger partial charge is 0.110 e. The molecular formula is C10H7N3.